The number of methoxy groups -OCH3 is 1. The first-order valence-electron chi connectivity index (χ1n) is 7.81. The van der Waals surface area contributed by atoms with Crippen LogP contribution < -0.4 is 15.4 Å². The molecular formula is C17H24N2O3. The third-order valence-corrected chi connectivity index (χ3v) is 4.22. The van der Waals surface area contributed by atoms with Crippen LogP contribution in [0.25, 0.3) is 0 Å². The van der Waals surface area contributed by atoms with E-state index in [1.54, 1.807) is 7.11 Å². The van der Waals surface area contributed by atoms with E-state index in [0.29, 0.717) is 12.5 Å². The van der Waals surface area contributed by atoms with Crippen molar-refractivity contribution in [3.8, 4) is 5.75 Å². The molecule has 2 atom stereocenters. The monoisotopic (exact) mass is 304 g/mol. The molecule has 0 aliphatic heterocycles. The maximum Gasteiger partial charge on any atom is 0.309 e. The Morgan fingerprint density at radius 1 is 1.23 bits per heavy atom. The van der Waals surface area contributed by atoms with Crippen LogP contribution in [-0.2, 0) is 16.1 Å². The molecule has 1 saturated carbocycles. The lowest BCUT2D eigenvalue weighted by atomic mass is 9.86. The average Bonchev–Trinajstić information content (AvgIpc) is 2.54. The fraction of sp³-hybridized carbons (Fsp3) is 0.529. The van der Waals surface area contributed by atoms with Crippen LogP contribution in [0.4, 0.5) is 0 Å². The Morgan fingerprint density at radius 2 is 2.00 bits per heavy atom. The molecule has 0 aromatic heterocycles. The van der Waals surface area contributed by atoms with Gasteiger partial charge in [0.2, 0.25) is 0 Å². The van der Waals surface area contributed by atoms with Gasteiger partial charge in [0.15, 0.2) is 0 Å². The van der Waals surface area contributed by atoms with E-state index in [-0.39, 0.29) is 6.04 Å². The molecule has 1 aliphatic carbocycles. The number of amides is 2. The van der Waals surface area contributed by atoms with Crippen molar-refractivity contribution in [2.75, 3.05) is 7.11 Å². The first-order chi connectivity index (χ1) is 10.6. The molecule has 0 bridgehead atoms. The highest BCUT2D eigenvalue weighted by atomic mass is 16.5. The SMILES string of the molecule is COc1cccc(CNC(=O)C(=O)N[C@@H]2CCCC[C@@H]2C)c1. The van der Waals surface area contributed by atoms with E-state index >= 15 is 0 Å². The fourth-order valence-corrected chi connectivity index (χ4v) is 2.81. The summed E-state index contributed by atoms with van der Waals surface area (Å²) in [6.45, 7) is 2.43. The third-order valence-electron chi connectivity index (χ3n) is 4.22. The van der Waals surface area contributed by atoms with Gasteiger partial charge in [-0.3, -0.25) is 9.59 Å². The van der Waals surface area contributed by atoms with Crippen LogP contribution in [0.3, 0.4) is 0 Å². The number of carbonyl (C=O) groups excluding carboxylic acids is 2. The van der Waals surface area contributed by atoms with Crippen molar-refractivity contribution >= 4 is 11.8 Å². The van der Waals surface area contributed by atoms with Gasteiger partial charge in [0.25, 0.3) is 0 Å². The van der Waals surface area contributed by atoms with Crippen molar-refractivity contribution in [2.45, 2.75) is 45.2 Å². The zero-order valence-corrected chi connectivity index (χ0v) is 13.2. The molecular weight excluding hydrogens is 280 g/mol. The van der Waals surface area contributed by atoms with Crippen molar-refractivity contribution in [2.24, 2.45) is 5.92 Å². The highest BCUT2D eigenvalue weighted by Gasteiger charge is 2.25. The number of benzene rings is 1. The van der Waals surface area contributed by atoms with Gasteiger partial charge >= 0.3 is 11.8 Å². The number of carbonyl (C=O) groups is 2. The van der Waals surface area contributed by atoms with E-state index < -0.39 is 11.8 Å². The summed E-state index contributed by atoms with van der Waals surface area (Å²) in [7, 11) is 1.59. The van der Waals surface area contributed by atoms with Gasteiger partial charge in [0.1, 0.15) is 5.75 Å². The molecule has 5 heteroatoms. The lowest BCUT2D eigenvalue weighted by Crippen LogP contribution is -2.47. The smallest absolute Gasteiger partial charge is 0.309 e. The summed E-state index contributed by atoms with van der Waals surface area (Å²) in [5.74, 6) is 0.0401. The van der Waals surface area contributed by atoms with Crippen LogP contribution in [0, 0.1) is 5.92 Å². The highest BCUT2D eigenvalue weighted by Crippen LogP contribution is 2.23. The second-order valence-corrected chi connectivity index (χ2v) is 5.88. The molecule has 2 amide bonds. The van der Waals surface area contributed by atoms with Gasteiger partial charge in [-0.05, 0) is 36.5 Å². The second kappa shape index (κ2) is 7.82. The summed E-state index contributed by atoms with van der Waals surface area (Å²) >= 11 is 0. The average molecular weight is 304 g/mol. The standard InChI is InChI=1S/C17H24N2O3/c1-12-6-3-4-9-15(12)19-17(21)16(20)18-11-13-7-5-8-14(10-13)22-2/h5,7-8,10,12,15H,3-4,6,9,11H2,1-2H3,(H,18,20)(H,19,21)/t12-,15+/m0/s1. The van der Waals surface area contributed by atoms with Crippen molar-refractivity contribution in [3.63, 3.8) is 0 Å². The molecule has 0 heterocycles. The number of ether oxygens (including phenoxy) is 1. The van der Waals surface area contributed by atoms with Crippen LogP contribution in [-0.4, -0.2) is 25.0 Å². The van der Waals surface area contributed by atoms with Gasteiger partial charge in [0.05, 0.1) is 7.11 Å². The number of hydrogen-bond donors (Lipinski definition) is 2. The van der Waals surface area contributed by atoms with E-state index in [2.05, 4.69) is 17.6 Å². The fourth-order valence-electron chi connectivity index (χ4n) is 2.81. The normalized spacial score (nSPS) is 21.0. The molecule has 0 spiro atoms. The van der Waals surface area contributed by atoms with Crippen LogP contribution in [0.1, 0.15) is 38.2 Å². The molecule has 0 unspecified atom stereocenters. The van der Waals surface area contributed by atoms with Gasteiger partial charge in [-0.1, -0.05) is 31.9 Å². The van der Waals surface area contributed by atoms with Crippen molar-refractivity contribution in [1.82, 2.24) is 10.6 Å². The zero-order chi connectivity index (χ0) is 15.9. The molecule has 2 N–H and O–H groups in total. The maximum atomic E-state index is 12.0. The molecule has 0 saturated heterocycles. The molecule has 22 heavy (non-hydrogen) atoms. The first kappa shape index (κ1) is 16.3. The minimum Gasteiger partial charge on any atom is -0.497 e. The largest absolute Gasteiger partial charge is 0.497 e. The molecule has 1 aromatic carbocycles. The van der Waals surface area contributed by atoms with Crippen LogP contribution >= 0.6 is 0 Å². The summed E-state index contributed by atoms with van der Waals surface area (Å²) in [5.41, 5.74) is 0.895. The predicted molar refractivity (Wildman–Crippen MR) is 84.4 cm³/mol. The molecule has 1 fully saturated rings. The van der Waals surface area contributed by atoms with Crippen LogP contribution in [0.15, 0.2) is 24.3 Å². The minimum atomic E-state index is -0.583. The molecule has 5 nitrogen and oxygen atoms in total. The first-order valence-corrected chi connectivity index (χ1v) is 7.81. The summed E-state index contributed by atoms with van der Waals surface area (Å²) in [4.78, 5) is 23.9. The summed E-state index contributed by atoms with van der Waals surface area (Å²) in [5, 5.41) is 5.50. The Morgan fingerprint density at radius 3 is 2.73 bits per heavy atom. The molecule has 2 rings (SSSR count). The van der Waals surface area contributed by atoms with E-state index in [1.807, 2.05) is 24.3 Å². The Bertz CT molecular complexity index is 530. The summed E-state index contributed by atoms with van der Waals surface area (Å²) in [6, 6.07) is 7.52. The maximum absolute atomic E-state index is 12.0. The topological polar surface area (TPSA) is 67.4 Å². The van der Waals surface area contributed by atoms with Crippen molar-refractivity contribution < 1.29 is 14.3 Å². The van der Waals surface area contributed by atoms with Gasteiger partial charge in [-0.15, -0.1) is 0 Å². The zero-order valence-electron chi connectivity index (χ0n) is 13.2. The Kier molecular flexibility index (Phi) is 5.81. The van der Waals surface area contributed by atoms with Gasteiger partial charge in [0, 0.05) is 12.6 Å². The third kappa shape index (κ3) is 4.48. The van der Waals surface area contributed by atoms with E-state index in [1.165, 1.54) is 6.42 Å². The minimum absolute atomic E-state index is 0.115. The van der Waals surface area contributed by atoms with Gasteiger partial charge < -0.3 is 15.4 Å². The number of nitrogens with one attached hydrogen (secondary N) is 2. The second-order valence-electron chi connectivity index (χ2n) is 5.88. The van der Waals surface area contributed by atoms with Crippen molar-refractivity contribution in [3.05, 3.63) is 29.8 Å². The Hall–Kier alpha value is -2.04. The quantitative estimate of drug-likeness (QED) is 0.836. The van der Waals surface area contributed by atoms with Crippen LogP contribution in [0.5, 0.6) is 5.75 Å². The number of hydrogen-bond acceptors (Lipinski definition) is 3. The van der Waals surface area contributed by atoms with E-state index in [0.717, 1.165) is 30.6 Å². The Labute approximate surface area is 131 Å². The molecule has 120 valence electrons. The van der Waals surface area contributed by atoms with Gasteiger partial charge in [-0.2, -0.15) is 0 Å². The summed E-state index contributed by atoms with van der Waals surface area (Å²) < 4.78 is 5.13. The summed E-state index contributed by atoms with van der Waals surface area (Å²) in [6.07, 6.45) is 4.38. The predicted octanol–water partition coefficient (Wildman–Crippen LogP) is 2.01. The lowest BCUT2D eigenvalue weighted by Gasteiger charge is -2.29. The lowest BCUT2D eigenvalue weighted by molar-refractivity contribution is -0.140. The van der Waals surface area contributed by atoms with Crippen molar-refractivity contribution in [1.29, 1.82) is 0 Å². The molecule has 1 aromatic rings. The van der Waals surface area contributed by atoms with E-state index in [9.17, 15) is 9.59 Å². The Balaban J connectivity index is 1.82. The van der Waals surface area contributed by atoms with Crippen LogP contribution in [0.2, 0.25) is 0 Å². The van der Waals surface area contributed by atoms with E-state index in [4.69, 9.17) is 4.74 Å². The molecule has 1 aliphatic rings. The molecule has 0 radical (unpaired) electrons. The number of rotatable bonds is 4. The van der Waals surface area contributed by atoms with Gasteiger partial charge in [-0.25, -0.2) is 0 Å². The highest BCUT2D eigenvalue weighted by molar-refractivity contribution is 6.35.